The van der Waals surface area contributed by atoms with Crippen molar-refractivity contribution in [2.24, 2.45) is 0 Å². The molecule has 0 amide bonds. The first-order valence-corrected chi connectivity index (χ1v) is 19.1. The summed E-state index contributed by atoms with van der Waals surface area (Å²) in [7, 11) is -1.06. The monoisotopic (exact) mass is 485 g/mol. The van der Waals surface area contributed by atoms with Crippen LogP contribution in [-0.4, -0.2) is 24.6 Å². The molecule has 0 rings (SSSR count). The van der Waals surface area contributed by atoms with E-state index in [1.807, 2.05) is 0 Å². The molecule has 1 heteroatoms. The third-order valence-corrected chi connectivity index (χ3v) is 13.9. The van der Waals surface area contributed by atoms with E-state index in [9.17, 15) is 0 Å². The summed E-state index contributed by atoms with van der Waals surface area (Å²) in [6, 6.07) is 0. The van der Waals surface area contributed by atoms with E-state index in [1.165, 1.54) is 128 Å². The van der Waals surface area contributed by atoms with Gasteiger partial charge >= 0.3 is 214 Å². The molecular formula is C32H69P. The van der Waals surface area contributed by atoms with Crippen molar-refractivity contribution in [3.63, 3.8) is 0 Å². The molecule has 0 bridgehead atoms. The summed E-state index contributed by atoms with van der Waals surface area (Å²) in [5.41, 5.74) is 0. The number of rotatable bonds is 28. The Morgan fingerprint density at radius 1 is 0.242 bits per heavy atom. The van der Waals surface area contributed by atoms with E-state index in [4.69, 9.17) is 0 Å². The molecule has 0 N–H and O–H groups in total. The molecule has 0 saturated carbocycles. The summed E-state index contributed by atoms with van der Waals surface area (Å²) < 4.78 is 0. The van der Waals surface area contributed by atoms with Crippen LogP contribution in [-0.2, 0) is 0 Å². The van der Waals surface area contributed by atoms with Gasteiger partial charge in [-0.25, -0.2) is 0 Å². The van der Waals surface area contributed by atoms with Gasteiger partial charge < -0.3 is 0 Å². The fraction of sp³-hybridized carbons (Fsp3) is 1.00. The first-order chi connectivity index (χ1) is 16.2. The molecule has 0 nitrogen and oxygen atoms in total. The molecule has 0 aliphatic carbocycles. The third kappa shape index (κ3) is 22.6. The van der Waals surface area contributed by atoms with Crippen molar-refractivity contribution in [1.29, 1.82) is 0 Å². The average molecular weight is 485 g/mol. The van der Waals surface area contributed by atoms with Gasteiger partial charge in [-0.3, -0.25) is 0 Å². The van der Waals surface area contributed by atoms with E-state index in [0.717, 1.165) is 0 Å². The Bertz CT molecular complexity index is 305. The molecule has 0 aromatic heterocycles. The Balaban J connectivity index is 4.61. The van der Waals surface area contributed by atoms with Crippen molar-refractivity contribution >= 4 is 7.26 Å². The molecule has 0 radical (unpaired) electrons. The number of hydrogen-bond acceptors (Lipinski definition) is 0. The molecular weight excluding hydrogens is 415 g/mol. The fourth-order valence-electron chi connectivity index (χ4n) is 5.87. The van der Waals surface area contributed by atoms with Gasteiger partial charge in [-0.05, 0) is 0 Å². The van der Waals surface area contributed by atoms with Gasteiger partial charge in [-0.1, -0.05) is 0 Å². The van der Waals surface area contributed by atoms with Gasteiger partial charge in [0.1, 0.15) is 0 Å². The molecule has 0 fully saturated rings. The summed E-state index contributed by atoms with van der Waals surface area (Å²) >= 11 is 0. The summed E-state index contributed by atoms with van der Waals surface area (Å²) in [5, 5.41) is 0. The third-order valence-electron chi connectivity index (χ3n) is 8.24. The zero-order chi connectivity index (χ0) is 24.3. The van der Waals surface area contributed by atoms with Crippen molar-refractivity contribution in [1.82, 2.24) is 0 Å². The zero-order valence-electron chi connectivity index (χ0n) is 24.3. The Labute approximate surface area is 213 Å². The van der Waals surface area contributed by atoms with Crippen molar-refractivity contribution in [3.05, 3.63) is 0 Å². The second kappa shape index (κ2) is 27.0. The van der Waals surface area contributed by atoms with E-state index < -0.39 is 7.26 Å². The van der Waals surface area contributed by atoms with Crippen LogP contribution in [0.5, 0.6) is 0 Å². The van der Waals surface area contributed by atoms with Crippen LogP contribution in [0.1, 0.15) is 182 Å². The normalized spacial score (nSPS) is 12.5. The van der Waals surface area contributed by atoms with Crippen molar-refractivity contribution < 1.29 is 0 Å². The van der Waals surface area contributed by atoms with E-state index in [-0.39, 0.29) is 0 Å². The van der Waals surface area contributed by atoms with Gasteiger partial charge in [0.05, 0.1) is 0 Å². The molecule has 0 aliphatic heterocycles. The standard InChI is InChI=1S/C32H69P/c1-5-9-13-16-19-22-26-30-33(29-25-12-8-4,31-27-23-20-17-14-10-6-2)32-28-24-21-18-15-11-7-3/h33H,5-32H2,1-4H3. The molecule has 0 unspecified atom stereocenters. The predicted octanol–water partition coefficient (Wildman–Crippen LogP) is 12.2. The number of unbranched alkanes of at least 4 members (excludes halogenated alkanes) is 20. The van der Waals surface area contributed by atoms with Crippen LogP contribution in [0.4, 0.5) is 0 Å². The van der Waals surface area contributed by atoms with Crippen LogP contribution in [0, 0.1) is 0 Å². The summed E-state index contributed by atoms with van der Waals surface area (Å²) in [6.45, 7) is 9.41. The quantitative estimate of drug-likeness (QED) is 0.0764. The Morgan fingerprint density at radius 2 is 0.424 bits per heavy atom. The summed E-state index contributed by atoms with van der Waals surface area (Å²) in [5.74, 6) is 0. The fourth-order valence-corrected chi connectivity index (χ4v) is 11.4. The van der Waals surface area contributed by atoms with Gasteiger partial charge in [-0.15, -0.1) is 0 Å². The second-order valence-electron chi connectivity index (χ2n) is 11.6. The van der Waals surface area contributed by atoms with E-state index in [0.29, 0.717) is 0 Å². The molecule has 0 heterocycles. The van der Waals surface area contributed by atoms with Gasteiger partial charge in [0.25, 0.3) is 0 Å². The van der Waals surface area contributed by atoms with Crippen LogP contribution >= 0.6 is 7.26 Å². The van der Waals surface area contributed by atoms with Crippen LogP contribution in [0.2, 0.25) is 0 Å². The second-order valence-corrected chi connectivity index (χ2v) is 16.6. The molecule has 0 aromatic rings. The molecule has 202 valence electrons. The van der Waals surface area contributed by atoms with E-state index in [2.05, 4.69) is 27.7 Å². The van der Waals surface area contributed by atoms with E-state index in [1.54, 1.807) is 50.3 Å². The van der Waals surface area contributed by atoms with Crippen molar-refractivity contribution in [3.8, 4) is 0 Å². The molecule has 0 saturated heterocycles. The van der Waals surface area contributed by atoms with E-state index >= 15 is 0 Å². The number of hydrogen-bond donors (Lipinski definition) is 0. The maximum absolute atomic E-state index is 2.39. The van der Waals surface area contributed by atoms with Crippen LogP contribution in [0.3, 0.4) is 0 Å². The molecule has 0 aliphatic rings. The van der Waals surface area contributed by atoms with Crippen molar-refractivity contribution in [2.45, 2.75) is 182 Å². The first kappa shape index (κ1) is 33.4. The predicted molar refractivity (Wildman–Crippen MR) is 161 cm³/mol. The van der Waals surface area contributed by atoms with Gasteiger partial charge in [0, 0.05) is 0 Å². The Hall–Kier alpha value is 0.430. The minimum atomic E-state index is -1.06. The maximum atomic E-state index is 2.39. The Kier molecular flexibility index (Phi) is 27.4. The molecule has 0 spiro atoms. The molecule has 0 aromatic carbocycles. The minimum absolute atomic E-state index is 1.06. The van der Waals surface area contributed by atoms with Crippen LogP contribution in [0.15, 0.2) is 0 Å². The summed E-state index contributed by atoms with van der Waals surface area (Å²) in [6.07, 6.45) is 42.3. The average Bonchev–Trinajstić information content (AvgIpc) is 2.82. The topological polar surface area (TPSA) is 0 Å². The summed E-state index contributed by atoms with van der Waals surface area (Å²) in [4.78, 5) is 0. The SMILES string of the molecule is CCCCCCCCC[PH](CCCCC)(CCCCCCCCC)CCCCCCCCC. The van der Waals surface area contributed by atoms with Crippen LogP contribution in [0.25, 0.3) is 0 Å². The molecule has 0 atom stereocenters. The Morgan fingerprint density at radius 3 is 0.697 bits per heavy atom. The zero-order valence-corrected chi connectivity index (χ0v) is 25.3. The van der Waals surface area contributed by atoms with Gasteiger partial charge in [0.15, 0.2) is 0 Å². The molecule has 33 heavy (non-hydrogen) atoms. The van der Waals surface area contributed by atoms with Crippen LogP contribution < -0.4 is 0 Å². The first-order valence-electron chi connectivity index (χ1n) is 16.2. The van der Waals surface area contributed by atoms with Gasteiger partial charge in [-0.2, -0.15) is 0 Å². The van der Waals surface area contributed by atoms with Gasteiger partial charge in [0.2, 0.25) is 0 Å². The van der Waals surface area contributed by atoms with Crippen molar-refractivity contribution in [2.75, 3.05) is 24.6 Å².